The Balaban J connectivity index is 1.54. The summed E-state index contributed by atoms with van der Waals surface area (Å²) in [6.45, 7) is 4.09. The first-order valence-corrected chi connectivity index (χ1v) is 11.1. The Labute approximate surface area is 200 Å². The normalized spacial score (nSPS) is 19.4. The van der Waals surface area contributed by atoms with Gasteiger partial charge in [-0.1, -0.05) is 54.6 Å². The Morgan fingerprint density at radius 2 is 1.61 bits per heavy atom. The van der Waals surface area contributed by atoms with E-state index in [1.807, 2.05) is 66.4 Å². The lowest BCUT2D eigenvalue weighted by Crippen LogP contribution is -2.63. The lowest BCUT2D eigenvalue weighted by Gasteiger charge is -2.51. The van der Waals surface area contributed by atoms with Gasteiger partial charge >= 0.3 is 0 Å². The highest BCUT2D eigenvalue weighted by Gasteiger charge is 2.47. The predicted octanol–water partition coefficient (Wildman–Crippen LogP) is 1.06. The van der Waals surface area contributed by atoms with E-state index in [2.05, 4.69) is 9.89 Å². The number of aryl methyl sites for hydroxylation is 1. The van der Waals surface area contributed by atoms with E-state index in [1.54, 1.807) is 0 Å². The summed E-state index contributed by atoms with van der Waals surface area (Å²) in [6.07, 6.45) is 0.628. The van der Waals surface area contributed by atoms with E-state index < -0.39 is 10.7 Å². The van der Waals surface area contributed by atoms with Crippen molar-refractivity contribution in [1.82, 2.24) is 14.7 Å². The predicted molar refractivity (Wildman–Crippen MR) is 133 cm³/mol. The van der Waals surface area contributed by atoms with Crippen LogP contribution in [0.15, 0.2) is 70.9 Å². The van der Waals surface area contributed by atoms with Crippen LogP contribution < -0.4 is 0 Å². The van der Waals surface area contributed by atoms with Crippen molar-refractivity contribution in [3.63, 3.8) is 0 Å². The fourth-order valence-corrected chi connectivity index (χ4v) is 5.03. The number of fused-ring (bicyclic) bond motifs is 2. The minimum atomic E-state index is -1.56. The zero-order chi connectivity index (χ0) is 23.4. The van der Waals surface area contributed by atoms with Crippen LogP contribution in [0.5, 0.6) is 0 Å². The van der Waals surface area contributed by atoms with E-state index in [0.717, 1.165) is 16.8 Å². The van der Waals surface area contributed by atoms with Crippen LogP contribution in [-0.2, 0) is 15.5 Å². The lowest BCUT2D eigenvalue weighted by molar-refractivity contribution is -0.126. The standard InChI is InChI=1S/C24H22B4N4O/c1-16-7-5-6-10-19(16)24(27,28)32-21(33)18-15-30(23(25,26)17-8-3-2-4-9-17)13-11-20(18)31-14-12-29-22(31)32/h2-10H,11-15H2,1H3. The summed E-state index contributed by atoms with van der Waals surface area (Å²) >= 11 is 0. The molecular weight excluding hydrogens is 404 g/mol. The first kappa shape index (κ1) is 22.1. The van der Waals surface area contributed by atoms with Crippen molar-refractivity contribution in [2.75, 3.05) is 26.2 Å². The van der Waals surface area contributed by atoms with Gasteiger partial charge in [-0.2, -0.15) is 0 Å². The Morgan fingerprint density at radius 3 is 2.33 bits per heavy atom. The van der Waals surface area contributed by atoms with E-state index in [4.69, 9.17) is 31.4 Å². The molecule has 0 aromatic heterocycles. The van der Waals surface area contributed by atoms with Crippen molar-refractivity contribution in [2.24, 2.45) is 4.99 Å². The van der Waals surface area contributed by atoms with Gasteiger partial charge < -0.3 is 9.80 Å². The zero-order valence-corrected chi connectivity index (χ0v) is 18.7. The molecule has 0 atom stereocenters. The molecule has 0 aliphatic carbocycles. The van der Waals surface area contributed by atoms with Crippen molar-refractivity contribution >= 4 is 43.3 Å². The lowest BCUT2D eigenvalue weighted by atomic mass is 9.55. The minimum Gasteiger partial charge on any atom is -0.314 e. The summed E-state index contributed by atoms with van der Waals surface area (Å²) in [4.78, 5) is 24.0. The van der Waals surface area contributed by atoms with Crippen LogP contribution in [0.25, 0.3) is 0 Å². The molecule has 0 unspecified atom stereocenters. The third kappa shape index (κ3) is 3.48. The Kier molecular flexibility index (Phi) is 5.36. The fraction of sp³-hybridized carbons (Fsp3) is 0.333. The number of amides is 1. The molecule has 0 bridgehead atoms. The smallest absolute Gasteiger partial charge is 0.258 e. The maximum Gasteiger partial charge on any atom is 0.258 e. The molecule has 0 fully saturated rings. The molecule has 156 valence electrons. The average Bonchev–Trinajstić information content (AvgIpc) is 3.29. The number of rotatable bonds is 4. The second-order valence-electron chi connectivity index (χ2n) is 8.90. The molecule has 3 aliphatic rings. The zero-order valence-electron chi connectivity index (χ0n) is 18.7. The van der Waals surface area contributed by atoms with Crippen LogP contribution in [0.3, 0.4) is 0 Å². The molecule has 33 heavy (non-hydrogen) atoms. The molecule has 2 aromatic rings. The Hall–Kier alpha value is -2.66. The van der Waals surface area contributed by atoms with Crippen LogP contribution >= 0.6 is 0 Å². The first-order chi connectivity index (χ1) is 15.7. The molecule has 5 nitrogen and oxygen atoms in total. The number of benzene rings is 2. The van der Waals surface area contributed by atoms with Gasteiger partial charge in [-0.25, -0.2) is 0 Å². The van der Waals surface area contributed by atoms with E-state index in [-0.39, 0.29) is 5.91 Å². The van der Waals surface area contributed by atoms with Gasteiger partial charge in [-0.15, -0.1) is 0 Å². The maximum absolute atomic E-state index is 13.9. The van der Waals surface area contributed by atoms with Crippen molar-refractivity contribution in [2.45, 2.75) is 24.0 Å². The molecule has 0 N–H and O–H groups in total. The van der Waals surface area contributed by atoms with Gasteiger partial charge in [0.25, 0.3) is 5.91 Å². The summed E-state index contributed by atoms with van der Waals surface area (Å²) in [7, 11) is 26.5. The molecule has 3 aliphatic heterocycles. The summed E-state index contributed by atoms with van der Waals surface area (Å²) in [5.41, 5.74) is 3.91. The van der Waals surface area contributed by atoms with Crippen molar-refractivity contribution in [3.05, 3.63) is 82.6 Å². The number of guanidine groups is 1. The number of carbonyl (C=O) groups excluding carboxylic acids is 1. The van der Waals surface area contributed by atoms with Gasteiger partial charge in [0.1, 0.15) is 0 Å². The largest absolute Gasteiger partial charge is 0.314 e. The molecule has 3 heterocycles. The number of carbonyl (C=O) groups is 1. The van der Waals surface area contributed by atoms with Crippen molar-refractivity contribution in [1.29, 1.82) is 0 Å². The minimum absolute atomic E-state index is 0.260. The molecule has 0 saturated carbocycles. The molecule has 1 amide bonds. The molecule has 0 spiro atoms. The van der Waals surface area contributed by atoms with Gasteiger partial charge in [0.15, 0.2) is 0 Å². The first-order valence-electron chi connectivity index (χ1n) is 11.1. The Morgan fingerprint density at radius 1 is 0.909 bits per heavy atom. The summed E-state index contributed by atoms with van der Waals surface area (Å²) in [5, 5.41) is -2.78. The van der Waals surface area contributed by atoms with Gasteiger partial charge in [-0.3, -0.25) is 14.7 Å². The molecular formula is C24H22B4N4O. The second-order valence-corrected chi connectivity index (χ2v) is 8.90. The Bertz CT molecular complexity index is 1160. The number of aliphatic imine (C=N–C) groups is 1. The second kappa shape index (κ2) is 7.98. The van der Waals surface area contributed by atoms with E-state index in [9.17, 15) is 4.79 Å². The van der Waals surface area contributed by atoms with Gasteiger partial charge in [-0.05, 0) is 34.3 Å². The summed E-state index contributed by atoms with van der Waals surface area (Å²) < 4.78 is 0. The van der Waals surface area contributed by atoms with Gasteiger partial charge in [0.2, 0.25) is 5.96 Å². The van der Waals surface area contributed by atoms with E-state index in [0.29, 0.717) is 49.7 Å². The SMILES string of the molecule is [B]C([B])(c1ccccc1)N1CCC2=C(C1)C(=O)N(C([B])([B])c1ccccc1C)C1=NCCN12. The van der Waals surface area contributed by atoms with Gasteiger partial charge in [0, 0.05) is 31.8 Å². The van der Waals surface area contributed by atoms with Crippen molar-refractivity contribution < 1.29 is 4.79 Å². The third-order valence-electron chi connectivity index (χ3n) is 6.83. The molecule has 2 aromatic carbocycles. The average molecular weight is 426 g/mol. The van der Waals surface area contributed by atoms with Crippen LogP contribution in [0.1, 0.15) is 23.1 Å². The molecule has 5 rings (SSSR count). The maximum atomic E-state index is 13.9. The highest BCUT2D eigenvalue weighted by atomic mass is 16.2. The molecule has 8 radical (unpaired) electrons. The number of hydrogen-bond acceptors (Lipinski definition) is 4. The van der Waals surface area contributed by atoms with Crippen LogP contribution in [0.4, 0.5) is 0 Å². The number of hydrogen-bond donors (Lipinski definition) is 0. The topological polar surface area (TPSA) is 39.2 Å². The highest BCUT2D eigenvalue weighted by Crippen LogP contribution is 2.38. The van der Waals surface area contributed by atoms with Crippen LogP contribution in [0, 0.1) is 6.92 Å². The third-order valence-corrected chi connectivity index (χ3v) is 6.83. The molecule has 0 saturated heterocycles. The van der Waals surface area contributed by atoms with Crippen molar-refractivity contribution in [3.8, 4) is 0 Å². The van der Waals surface area contributed by atoms with Crippen LogP contribution in [0.2, 0.25) is 0 Å². The summed E-state index contributed by atoms with van der Waals surface area (Å²) in [6, 6.07) is 17.1. The fourth-order valence-electron chi connectivity index (χ4n) is 5.03. The summed E-state index contributed by atoms with van der Waals surface area (Å²) in [5.74, 6) is 0.249. The highest BCUT2D eigenvalue weighted by molar-refractivity contribution is 6.43. The monoisotopic (exact) mass is 426 g/mol. The van der Waals surface area contributed by atoms with Crippen LogP contribution in [-0.4, -0.2) is 84.1 Å². The van der Waals surface area contributed by atoms with E-state index >= 15 is 0 Å². The quantitative estimate of drug-likeness (QED) is 0.688. The van der Waals surface area contributed by atoms with E-state index in [1.165, 1.54) is 4.90 Å². The molecule has 9 heteroatoms. The van der Waals surface area contributed by atoms with Gasteiger partial charge in [0.05, 0.1) is 43.5 Å². The number of nitrogens with zero attached hydrogens (tertiary/aromatic N) is 4.